The lowest BCUT2D eigenvalue weighted by molar-refractivity contribution is 0.0925. The molecule has 0 bridgehead atoms. The maximum atomic E-state index is 11.9. The Morgan fingerprint density at radius 3 is 3.21 bits per heavy atom. The van der Waals surface area contributed by atoms with E-state index < -0.39 is 0 Å². The third kappa shape index (κ3) is 1.70. The monoisotopic (exact) mass is 193 g/mol. The van der Waals surface area contributed by atoms with Gasteiger partial charge in [0.05, 0.1) is 6.33 Å². The second kappa shape index (κ2) is 3.92. The fourth-order valence-corrected chi connectivity index (χ4v) is 1.75. The molecular weight excluding hydrogens is 178 g/mol. The quantitative estimate of drug-likeness (QED) is 0.719. The summed E-state index contributed by atoms with van der Waals surface area (Å²) in [6.07, 6.45) is 4.49. The number of nitrogens with zero attached hydrogens (tertiary/aromatic N) is 2. The van der Waals surface area contributed by atoms with Crippen LogP contribution in [0.4, 0.5) is 0 Å². The van der Waals surface area contributed by atoms with Crippen molar-refractivity contribution >= 4 is 5.78 Å². The van der Waals surface area contributed by atoms with Crippen LogP contribution in [-0.4, -0.2) is 28.4 Å². The lowest BCUT2D eigenvalue weighted by Gasteiger charge is -2.03. The van der Waals surface area contributed by atoms with E-state index in [-0.39, 0.29) is 11.7 Å². The number of carbonyl (C=O) groups is 1. The summed E-state index contributed by atoms with van der Waals surface area (Å²) in [5, 5.41) is 3.19. The molecule has 0 radical (unpaired) electrons. The molecule has 1 fully saturated rings. The summed E-state index contributed by atoms with van der Waals surface area (Å²) in [6, 6.07) is 0. The number of hydrogen-bond donors (Lipinski definition) is 1. The summed E-state index contributed by atoms with van der Waals surface area (Å²) in [6.45, 7) is 4.65. The molecule has 1 aromatic heterocycles. The van der Waals surface area contributed by atoms with Crippen LogP contribution in [0.2, 0.25) is 0 Å². The van der Waals surface area contributed by atoms with E-state index in [0.29, 0.717) is 5.69 Å². The third-order valence-corrected chi connectivity index (χ3v) is 2.68. The van der Waals surface area contributed by atoms with E-state index in [4.69, 9.17) is 0 Å². The van der Waals surface area contributed by atoms with Crippen molar-refractivity contribution in [1.29, 1.82) is 0 Å². The Morgan fingerprint density at radius 1 is 1.79 bits per heavy atom. The molecule has 14 heavy (non-hydrogen) atoms. The fraction of sp³-hybridized carbons (Fsp3) is 0.600. The van der Waals surface area contributed by atoms with Crippen molar-refractivity contribution in [1.82, 2.24) is 14.9 Å². The average molecular weight is 193 g/mol. The molecule has 1 aromatic rings. The number of aromatic nitrogens is 2. The highest BCUT2D eigenvalue weighted by Gasteiger charge is 2.24. The Balaban J connectivity index is 2.09. The van der Waals surface area contributed by atoms with Crippen LogP contribution in [0, 0.1) is 5.92 Å². The van der Waals surface area contributed by atoms with Crippen LogP contribution in [-0.2, 0) is 6.54 Å². The van der Waals surface area contributed by atoms with Gasteiger partial charge >= 0.3 is 0 Å². The van der Waals surface area contributed by atoms with Crippen molar-refractivity contribution in [3.05, 3.63) is 18.2 Å². The largest absolute Gasteiger partial charge is 0.337 e. The molecule has 0 amide bonds. The van der Waals surface area contributed by atoms with Gasteiger partial charge in [0.25, 0.3) is 0 Å². The predicted molar refractivity (Wildman–Crippen MR) is 53.2 cm³/mol. The van der Waals surface area contributed by atoms with Crippen LogP contribution in [0.25, 0.3) is 0 Å². The van der Waals surface area contributed by atoms with Crippen LogP contribution in [0.15, 0.2) is 12.5 Å². The summed E-state index contributed by atoms with van der Waals surface area (Å²) < 4.78 is 1.93. The van der Waals surface area contributed by atoms with E-state index in [1.54, 1.807) is 6.33 Å². The molecule has 76 valence electrons. The van der Waals surface area contributed by atoms with E-state index in [9.17, 15) is 4.79 Å². The van der Waals surface area contributed by atoms with E-state index in [1.807, 2.05) is 17.7 Å². The molecular formula is C10H15N3O. The number of Topliss-reactive ketones (excluding diaryl/α,β-unsaturated/α-hetero) is 1. The van der Waals surface area contributed by atoms with Crippen molar-refractivity contribution in [3.63, 3.8) is 0 Å². The van der Waals surface area contributed by atoms with Crippen LogP contribution in [0.1, 0.15) is 23.8 Å². The van der Waals surface area contributed by atoms with Crippen LogP contribution < -0.4 is 5.32 Å². The summed E-state index contributed by atoms with van der Waals surface area (Å²) in [5.41, 5.74) is 0.612. The van der Waals surface area contributed by atoms with Gasteiger partial charge in [-0.2, -0.15) is 0 Å². The number of imidazole rings is 1. The van der Waals surface area contributed by atoms with Gasteiger partial charge in [-0.1, -0.05) is 0 Å². The smallest absolute Gasteiger partial charge is 0.187 e. The Bertz CT molecular complexity index is 326. The summed E-state index contributed by atoms with van der Waals surface area (Å²) in [5.74, 6) is 0.317. The molecule has 2 heterocycles. The zero-order valence-electron chi connectivity index (χ0n) is 8.36. The van der Waals surface area contributed by atoms with E-state index in [1.165, 1.54) is 0 Å². The second-order valence-electron chi connectivity index (χ2n) is 3.64. The van der Waals surface area contributed by atoms with Crippen LogP contribution >= 0.6 is 0 Å². The molecule has 1 N–H and O–H groups in total. The SMILES string of the molecule is CCn1cnc(C(=O)C2CCNC2)c1. The third-order valence-electron chi connectivity index (χ3n) is 2.68. The number of nitrogens with one attached hydrogen (secondary N) is 1. The maximum Gasteiger partial charge on any atom is 0.187 e. The molecule has 0 spiro atoms. The Labute approximate surface area is 83.3 Å². The minimum atomic E-state index is 0.134. The van der Waals surface area contributed by atoms with Gasteiger partial charge < -0.3 is 9.88 Å². The number of aryl methyl sites for hydroxylation is 1. The molecule has 1 saturated heterocycles. The Hall–Kier alpha value is -1.16. The fourth-order valence-electron chi connectivity index (χ4n) is 1.75. The highest BCUT2D eigenvalue weighted by Crippen LogP contribution is 2.13. The molecule has 1 unspecified atom stereocenters. The lowest BCUT2D eigenvalue weighted by atomic mass is 10.0. The van der Waals surface area contributed by atoms with Gasteiger partial charge in [-0.3, -0.25) is 4.79 Å². The second-order valence-corrected chi connectivity index (χ2v) is 3.64. The standard InChI is InChI=1S/C10H15N3O/c1-2-13-6-9(12-7-13)10(14)8-3-4-11-5-8/h6-8,11H,2-5H2,1H3. The van der Waals surface area contributed by atoms with Crippen LogP contribution in [0.3, 0.4) is 0 Å². The first kappa shape index (κ1) is 9.40. The molecule has 0 aromatic carbocycles. The molecule has 0 saturated carbocycles. The zero-order valence-corrected chi connectivity index (χ0v) is 8.36. The number of rotatable bonds is 3. The summed E-state index contributed by atoms with van der Waals surface area (Å²) in [4.78, 5) is 16.0. The van der Waals surface area contributed by atoms with Gasteiger partial charge in [0.15, 0.2) is 5.78 Å². The van der Waals surface area contributed by atoms with E-state index >= 15 is 0 Å². The number of hydrogen-bond acceptors (Lipinski definition) is 3. The molecule has 2 rings (SSSR count). The maximum absolute atomic E-state index is 11.9. The Morgan fingerprint density at radius 2 is 2.64 bits per heavy atom. The number of carbonyl (C=O) groups excluding carboxylic acids is 1. The predicted octanol–water partition coefficient (Wildman–Crippen LogP) is 0.695. The first-order valence-electron chi connectivity index (χ1n) is 5.08. The van der Waals surface area contributed by atoms with Gasteiger partial charge in [-0.15, -0.1) is 0 Å². The average Bonchev–Trinajstić information content (AvgIpc) is 2.88. The zero-order chi connectivity index (χ0) is 9.97. The van der Waals surface area contributed by atoms with Crippen molar-refractivity contribution in [3.8, 4) is 0 Å². The topological polar surface area (TPSA) is 46.9 Å². The molecule has 1 aliphatic heterocycles. The molecule has 1 aliphatic rings. The minimum absolute atomic E-state index is 0.134. The first-order valence-corrected chi connectivity index (χ1v) is 5.08. The van der Waals surface area contributed by atoms with Crippen LogP contribution in [0.5, 0.6) is 0 Å². The Kier molecular flexibility index (Phi) is 2.63. The van der Waals surface area contributed by atoms with Crippen molar-refractivity contribution in [2.24, 2.45) is 5.92 Å². The summed E-state index contributed by atoms with van der Waals surface area (Å²) in [7, 11) is 0. The summed E-state index contributed by atoms with van der Waals surface area (Å²) >= 11 is 0. The minimum Gasteiger partial charge on any atom is -0.337 e. The van der Waals surface area contributed by atoms with Crippen molar-refractivity contribution < 1.29 is 4.79 Å². The van der Waals surface area contributed by atoms with Crippen molar-refractivity contribution in [2.75, 3.05) is 13.1 Å². The van der Waals surface area contributed by atoms with E-state index in [2.05, 4.69) is 10.3 Å². The highest BCUT2D eigenvalue weighted by atomic mass is 16.1. The number of ketones is 1. The van der Waals surface area contributed by atoms with Gasteiger partial charge in [0.1, 0.15) is 5.69 Å². The van der Waals surface area contributed by atoms with Crippen molar-refractivity contribution in [2.45, 2.75) is 19.9 Å². The molecule has 4 heteroatoms. The van der Waals surface area contributed by atoms with E-state index in [0.717, 1.165) is 26.1 Å². The van der Waals surface area contributed by atoms with Gasteiger partial charge in [-0.05, 0) is 19.9 Å². The van der Waals surface area contributed by atoms with Gasteiger partial charge in [-0.25, -0.2) is 4.98 Å². The lowest BCUT2D eigenvalue weighted by Crippen LogP contribution is -2.18. The van der Waals surface area contributed by atoms with Gasteiger partial charge in [0.2, 0.25) is 0 Å². The normalized spacial score (nSPS) is 21.4. The molecule has 0 aliphatic carbocycles. The molecule has 1 atom stereocenters. The molecule has 4 nitrogen and oxygen atoms in total. The highest BCUT2D eigenvalue weighted by molar-refractivity contribution is 5.96. The first-order chi connectivity index (χ1) is 6.81. The van der Waals surface area contributed by atoms with Gasteiger partial charge in [0, 0.05) is 25.2 Å².